The van der Waals surface area contributed by atoms with E-state index in [1.54, 1.807) is 55.5 Å². The Morgan fingerprint density at radius 1 is 1.06 bits per heavy atom. The van der Waals surface area contributed by atoms with E-state index in [2.05, 4.69) is 5.32 Å². The Kier molecular flexibility index (Phi) is 11.5. The monoisotopic (exact) mass is 537 g/mol. The molecule has 10 heteroatoms. The average molecular weight is 538 g/mol. The van der Waals surface area contributed by atoms with Crippen LogP contribution < -0.4 is 14.4 Å². The quantitative estimate of drug-likeness (QED) is 0.364. The van der Waals surface area contributed by atoms with E-state index in [0.717, 1.165) is 23.4 Å². The smallest absolute Gasteiger partial charge is 0.244 e. The topological polar surface area (TPSA) is 96.0 Å². The van der Waals surface area contributed by atoms with Crippen molar-refractivity contribution in [1.82, 2.24) is 10.2 Å². The highest BCUT2D eigenvalue weighted by atomic mass is 35.5. The number of nitrogens with one attached hydrogen (secondary N) is 1. The van der Waals surface area contributed by atoms with Crippen LogP contribution in [0.5, 0.6) is 5.75 Å². The van der Waals surface area contributed by atoms with E-state index in [0.29, 0.717) is 35.9 Å². The number of para-hydroxylation sites is 2. The third-order valence-electron chi connectivity index (χ3n) is 5.63. The van der Waals surface area contributed by atoms with Gasteiger partial charge in [-0.3, -0.25) is 13.9 Å². The van der Waals surface area contributed by atoms with Crippen LogP contribution in [0.15, 0.2) is 48.5 Å². The zero-order valence-corrected chi connectivity index (χ0v) is 22.9. The summed E-state index contributed by atoms with van der Waals surface area (Å²) in [5, 5.41) is 3.35. The molecule has 2 aromatic rings. The first-order valence-electron chi connectivity index (χ1n) is 12.1. The molecule has 0 fully saturated rings. The Bertz CT molecular complexity index is 1130. The van der Waals surface area contributed by atoms with Gasteiger partial charge in [-0.15, -0.1) is 0 Å². The second kappa shape index (κ2) is 14.1. The number of unbranched alkanes of at least 4 members (excludes halogenated alkanes) is 1. The van der Waals surface area contributed by atoms with Crippen LogP contribution in [0.1, 0.15) is 45.6 Å². The first kappa shape index (κ1) is 29.5. The van der Waals surface area contributed by atoms with Crippen molar-refractivity contribution in [3.05, 3.63) is 59.1 Å². The summed E-state index contributed by atoms with van der Waals surface area (Å²) in [7, 11) is -3.86. The third kappa shape index (κ3) is 8.13. The summed E-state index contributed by atoms with van der Waals surface area (Å²) in [5.41, 5.74) is 0.918. The number of hydrogen-bond donors (Lipinski definition) is 1. The second-order valence-electron chi connectivity index (χ2n) is 8.35. The number of sulfonamides is 1. The molecule has 0 spiro atoms. The van der Waals surface area contributed by atoms with Crippen molar-refractivity contribution in [2.75, 3.05) is 30.3 Å². The summed E-state index contributed by atoms with van der Waals surface area (Å²) in [6, 6.07) is 12.9. The van der Waals surface area contributed by atoms with Gasteiger partial charge in [0.25, 0.3) is 0 Å². The molecule has 0 saturated heterocycles. The predicted molar refractivity (Wildman–Crippen MR) is 144 cm³/mol. The van der Waals surface area contributed by atoms with Gasteiger partial charge in [0, 0.05) is 18.1 Å². The lowest BCUT2D eigenvalue weighted by atomic mass is 10.1. The molecule has 1 atom stereocenters. The molecule has 0 bridgehead atoms. The first-order chi connectivity index (χ1) is 17.1. The number of amides is 2. The van der Waals surface area contributed by atoms with Crippen LogP contribution in [0.4, 0.5) is 5.69 Å². The van der Waals surface area contributed by atoms with Crippen LogP contribution in [0.25, 0.3) is 0 Å². The van der Waals surface area contributed by atoms with Gasteiger partial charge in [-0.25, -0.2) is 8.42 Å². The van der Waals surface area contributed by atoms with Crippen molar-refractivity contribution in [3.63, 3.8) is 0 Å². The first-order valence-corrected chi connectivity index (χ1v) is 14.4. The lowest BCUT2D eigenvalue weighted by Crippen LogP contribution is -2.52. The van der Waals surface area contributed by atoms with E-state index in [1.807, 2.05) is 13.8 Å². The molecule has 198 valence electrons. The third-order valence-corrected chi connectivity index (χ3v) is 7.12. The number of carbonyl (C=O) groups excluding carboxylic acids is 2. The highest BCUT2D eigenvalue weighted by molar-refractivity contribution is 7.92. The van der Waals surface area contributed by atoms with Gasteiger partial charge in [-0.2, -0.15) is 0 Å². The van der Waals surface area contributed by atoms with Gasteiger partial charge in [0.15, 0.2) is 0 Å². The minimum atomic E-state index is -3.86. The molecule has 2 amide bonds. The number of carbonyl (C=O) groups is 2. The number of ether oxygens (including phenoxy) is 1. The minimum absolute atomic E-state index is 0.0585. The van der Waals surface area contributed by atoms with Crippen molar-refractivity contribution in [2.24, 2.45) is 0 Å². The van der Waals surface area contributed by atoms with Gasteiger partial charge in [0.1, 0.15) is 18.3 Å². The van der Waals surface area contributed by atoms with Crippen molar-refractivity contribution < 1.29 is 22.7 Å². The van der Waals surface area contributed by atoms with E-state index < -0.39 is 28.5 Å². The minimum Gasteiger partial charge on any atom is -0.492 e. The standard InChI is InChI=1S/C26H36ClN3O5S/c1-5-8-17-28-26(32)22(6-2)29(18-20-13-9-10-14-21(20)27)25(31)19-30(36(4,33)34)23-15-11-12-16-24(23)35-7-3/h9-16,22H,5-8,17-19H2,1-4H3,(H,28,32)/t22-/m0/s1. The van der Waals surface area contributed by atoms with Crippen LogP contribution in [0, 0.1) is 0 Å². The van der Waals surface area contributed by atoms with Gasteiger partial charge in [-0.05, 0) is 43.5 Å². The predicted octanol–water partition coefficient (Wildman–Crippen LogP) is 4.23. The maximum atomic E-state index is 13.7. The van der Waals surface area contributed by atoms with E-state index in [9.17, 15) is 18.0 Å². The van der Waals surface area contributed by atoms with Crippen LogP contribution >= 0.6 is 11.6 Å². The summed E-state index contributed by atoms with van der Waals surface area (Å²) in [6.07, 6.45) is 3.12. The maximum Gasteiger partial charge on any atom is 0.244 e. The fourth-order valence-corrected chi connectivity index (χ4v) is 4.82. The lowest BCUT2D eigenvalue weighted by Gasteiger charge is -2.33. The highest BCUT2D eigenvalue weighted by Crippen LogP contribution is 2.30. The molecule has 2 aromatic carbocycles. The zero-order valence-electron chi connectivity index (χ0n) is 21.4. The molecule has 0 heterocycles. The van der Waals surface area contributed by atoms with Crippen molar-refractivity contribution >= 4 is 39.1 Å². The maximum absolute atomic E-state index is 13.7. The number of benzene rings is 2. The molecule has 0 aromatic heterocycles. The zero-order chi connectivity index (χ0) is 26.7. The highest BCUT2D eigenvalue weighted by Gasteiger charge is 2.32. The summed E-state index contributed by atoms with van der Waals surface area (Å²) >= 11 is 6.37. The Balaban J connectivity index is 2.46. The Labute approximate surface area is 219 Å². The molecular formula is C26H36ClN3O5S. The number of anilines is 1. The van der Waals surface area contributed by atoms with E-state index in [1.165, 1.54) is 4.90 Å². The molecule has 2 rings (SSSR count). The van der Waals surface area contributed by atoms with Gasteiger partial charge >= 0.3 is 0 Å². The van der Waals surface area contributed by atoms with Gasteiger partial charge < -0.3 is 15.0 Å². The van der Waals surface area contributed by atoms with Gasteiger partial charge in [0.2, 0.25) is 21.8 Å². The van der Waals surface area contributed by atoms with Crippen LogP contribution in [0.3, 0.4) is 0 Å². The van der Waals surface area contributed by atoms with Gasteiger partial charge in [-0.1, -0.05) is 62.2 Å². The van der Waals surface area contributed by atoms with Crippen LogP contribution in [-0.2, 0) is 26.2 Å². The largest absolute Gasteiger partial charge is 0.492 e. The van der Waals surface area contributed by atoms with E-state index in [4.69, 9.17) is 16.3 Å². The summed E-state index contributed by atoms with van der Waals surface area (Å²) in [6.45, 7) is 6.02. The molecule has 36 heavy (non-hydrogen) atoms. The number of halogens is 1. The Hall–Kier alpha value is -2.78. The molecule has 0 radical (unpaired) electrons. The van der Waals surface area contributed by atoms with Crippen molar-refractivity contribution in [1.29, 1.82) is 0 Å². The molecule has 0 aliphatic heterocycles. The summed E-state index contributed by atoms with van der Waals surface area (Å²) < 4.78 is 32.2. The molecule has 0 unspecified atom stereocenters. The van der Waals surface area contributed by atoms with Crippen LogP contribution in [-0.4, -0.2) is 57.1 Å². The molecular weight excluding hydrogens is 502 g/mol. The van der Waals surface area contributed by atoms with Crippen molar-refractivity contribution in [2.45, 2.75) is 52.6 Å². The van der Waals surface area contributed by atoms with E-state index >= 15 is 0 Å². The number of hydrogen-bond acceptors (Lipinski definition) is 5. The summed E-state index contributed by atoms with van der Waals surface area (Å²) in [5.74, 6) is -0.462. The van der Waals surface area contributed by atoms with E-state index in [-0.39, 0.29) is 18.1 Å². The number of rotatable bonds is 14. The molecule has 0 saturated carbocycles. The lowest BCUT2D eigenvalue weighted by molar-refractivity contribution is -0.140. The number of nitrogens with zero attached hydrogens (tertiary/aromatic N) is 2. The fourth-order valence-electron chi connectivity index (χ4n) is 3.77. The Morgan fingerprint density at radius 2 is 1.72 bits per heavy atom. The summed E-state index contributed by atoms with van der Waals surface area (Å²) in [4.78, 5) is 28.2. The molecule has 0 aliphatic rings. The van der Waals surface area contributed by atoms with Gasteiger partial charge in [0.05, 0.1) is 18.6 Å². The SMILES string of the molecule is CCCCNC(=O)[C@H](CC)N(Cc1ccccc1Cl)C(=O)CN(c1ccccc1OCC)S(C)(=O)=O. The molecule has 0 aliphatic carbocycles. The second-order valence-corrected chi connectivity index (χ2v) is 10.7. The van der Waals surface area contributed by atoms with Crippen molar-refractivity contribution in [3.8, 4) is 5.75 Å². The molecule has 1 N–H and O–H groups in total. The molecule has 8 nitrogen and oxygen atoms in total. The average Bonchev–Trinajstić information content (AvgIpc) is 2.83. The van der Waals surface area contributed by atoms with Crippen LogP contribution in [0.2, 0.25) is 5.02 Å². The fraction of sp³-hybridized carbons (Fsp3) is 0.462. The Morgan fingerprint density at radius 3 is 2.33 bits per heavy atom. The normalized spacial score (nSPS) is 12.0.